The van der Waals surface area contributed by atoms with E-state index in [0.717, 1.165) is 50.6 Å². The van der Waals surface area contributed by atoms with Crippen LogP contribution in [0.1, 0.15) is 52.9 Å². The van der Waals surface area contributed by atoms with Gasteiger partial charge in [-0.1, -0.05) is 0 Å². The molecular weight excluding hydrogens is 324 g/mol. The van der Waals surface area contributed by atoms with Gasteiger partial charge >= 0.3 is 0 Å². The van der Waals surface area contributed by atoms with Crippen LogP contribution in [0.15, 0.2) is 24.4 Å². The van der Waals surface area contributed by atoms with Gasteiger partial charge in [-0.15, -0.1) is 0 Å². The van der Waals surface area contributed by atoms with E-state index >= 15 is 0 Å². The van der Waals surface area contributed by atoms with Gasteiger partial charge in [-0.05, 0) is 74.3 Å². The lowest BCUT2D eigenvalue weighted by Gasteiger charge is -2.35. The third-order valence-corrected chi connectivity index (χ3v) is 6.24. The molecule has 2 aromatic rings. The molecule has 1 unspecified atom stereocenters. The van der Waals surface area contributed by atoms with E-state index in [0.29, 0.717) is 12.1 Å². The van der Waals surface area contributed by atoms with E-state index in [-0.39, 0.29) is 5.91 Å². The highest BCUT2D eigenvalue weighted by Crippen LogP contribution is 2.35. The number of hydrogen-bond donors (Lipinski definition) is 1. The van der Waals surface area contributed by atoms with E-state index in [2.05, 4.69) is 39.2 Å². The van der Waals surface area contributed by atoms with E-state index < -0.39 is 0 Å². The molecule has 5 rings (SSSR count). The average Bonchev–Trinajstić information content (AvgIpc) is 3.37. The molecular formula is C21H26N4O. The van der Waals surface area contributed by atoms with Crippen molar-refractivity contribution in [3.8, 4) is 0 Å². The molecule has 1 aromatic heterocycles. The van der Waals surface area contributed by atoms with Gasteiger partial charge in [0.25, 0.3) is 5.91 Å². The molecule has 1 fully saturated rings. The van der Waals surface area contributed by atoms with Crippen molar-refractivity contribution in [2.45, 2.75) is 57.0 Å². The molecule has 136 valence electrons. The number of aromatic nitrogens is 2. The van der Waals surface area contributed by atoms with Crippen LogP contribution >= 0.6 is 0 Å². The molecule has 0 saturated heterocycles. The van der Waals surface area contributed by atoms with Gasteiger partial charge in [-0.2, -0.15) is 5.10 Å². The number of carbonyl (C=O) groups excluding carboxylic acids is 1. The van der Waals surface area contributed by atoms with E-state index in [9.17, 15) is 4.79 Å². The largest absolute Gasteiger partial charge is 0.374 e. The number of anilines is 1. The summed E-state index contributed by atoms with van der Waals surface area (Å²) >= 11 is 0. The summed E-state index contributed by atoms with van der Waals surface area (Å²) in [4.78, 5) is 17.9. The minimum absolute atomic E-state index is 0.223. The minimum Gasteiger partial charge on any atom is -0.374 e. The topological polar surface area (TPSA) is 52.2 Å². The first-order valence-corrected chi connectivity index (χ1v) is 9.88. The third-order valence-electron chi connectivity index (χ3n) is 6.24. The Labute approximate surface area is 154 Å². The summed E-state index contributed by atoms with van der Waals surface area (Å²) in [6, 6.07) is 7.06. The van der Waals surface area contributed by atoms with Gasteiger partial charge in [0.15, 0.2) is 0 Å². The molecule has 3 aliphatic rings. The normalized spacial score (nSPS) is 21.9. The van der Waals surface area contributed by atoms with Crippen LogP contribution < -0.4 is 4.90 Å². The first-order valence-electron chi connectivity index (χ1n) is 9.88. The molecule has 0 radical (unpaired) electrons. The Kier molecular flexibility index (Phi) is 3.76. The van der Waals surface area contributed by atoms with Gasteiger partial charge in [-0.25, -0.2) is 0 Å². The van der Waals surface area contributed by atoms with Crippen LogP contribution in [0.4, 0.5) is 5.69 Å². The zero-order valence-electron chi connectivity index (χ0n) is 15.4. The molecule has 0 spiro atoms. The van der Waals surface area contributed by atoms with Crippen molar-refractivity contribution in [1.82, 2.24) is 15.1 Å². The van der Waals surface area contributed by atoms with Crippen molar-refractivity contribution in [2.24, 2.45) is 0 Å². The summed E-state index contributed by atoms with van der Waals surface area (Å²) in [5.74, 6) is 0.223. The Morgan fingerprint density at radius 2 is 2.08 bits per heavy atom. The van der Waals surface area contributed by atoms with Gasteiger partial charge in [0, 0.05) is 42.6 Å². The van der Waals surface area contributed by atoms with Crippen LogP contribution in [0.5, 0.6) is 0 Å². The molecule has 1 amide bonds. The van der Waals surface area contributed by atoms with Crippen LogP contribution in [-0.4, -0.2) is 46.7 Å². The van der Waals surface area contributed by atoms with Crippen molar-refractivity contribution in [1.29, 1.82) is 0 Å². The number of H-pyrrole nitrogens is 1. The predicted molar refractivity (Wildman–Crippen MR) is 102 cm³/mol. The maximum Gasteiger partial charge on any atom is 0.254 e. The molecule has 1 saturated carbocycles. The van der Waals surface area contributed by atoms with E-state index in [4.69, 9.17) is 0 Å². The summed E-state index contributed by atoms with van der Waals surface area (Å²) in [6.45, 7) is 1.10. The van der Waals surface area contributed by atoms with Crippen LogP contribution in [0.3, 0.4) is 0 Å². The zero-order chi connectivity index (χ0) is 17.7. The minimum atomic E-state index is 0.223. The van der Waals surface area contributed by atoms with Gasteiger partial charge in [0.05, 0.1) is 6.20 Å². The van der Waals surface area contributed by atoms with Crippen LogP contribution in [0, 0.1) is 0 Å². The van der Waals surface area contributed by atoms with Crippen LogP contribution in [0.25, 0.3) is 0 Å². The number of aromatic amines is 1. The van der Waals surface area contributed by atoms with Crippen molar-refractivity contribution in [3.05, 3.63) is 46.8 Å². The van der Waals surface area contributed by atoms with Gasteiger partial charge in [-0.3, -0.25) is 9.89 Å². The molecule has 2 heterocycles. The van der Waals surface area contributed by atoms with Gasteiger partial charge < -0.3 is 9.80 Å². The maximum absolute atomic E-state index is 13.4. The number of rotatable bonds is 3. The summed E-state index contributed by atoms with van der Waals surface area (Å²) in [5.41, 5.74) is 6.00. The van der Waals surface area contributed by atoms with Crippen molar-refractivity contribution in [2.75, 3.05) is 18.5 Å². The predicted octanol–water partition coefficient (Wildman–Crippen LogP) is 2.95. The molecule has 2 aliphatic carbocycles. The standard InChI is InChI=1S/C21H26N4O/c1-24-10-2-3-14-11-15(4-9-20(14)24)21(26)25(17-5-6-17)18-7-8-19-16(12-18)13-22-23-19/h4,9,11,13,17-18H,2-3,5-8,10,12H2,1H3,(H,22,23). The van der Waals surface area contributed by atoms with E-state index in [1.165, 1.54) is 28.9 Å². The molecule has 26 heavy (non-hydrogen) atoms. The summed E-state index contributed by atoms with van der Waals surface area (Å²) in [6.07, 6.45) is 9.43. The van der Waals surface area contributed by atoms with E-state index in [1.54, 1.807) is 0 Å². The number of hydrogen-bond acceptors (Lipinski definition) is 3. The Bertz CT molecular complexity index is 838. The lowest BCUT2D eigenvalue weighted by atomic mass is 9.91. The zero-order valence-corrected chi connectivity index (χ0v) is 15.4. The molecule has 1 atom stereocenters. The van der Waals surface area contributed by atoms with Gasteiger partial charge in [0.1, 0.15) is 0 Å². The molecule has 1 aromatic carbocycles. The summed E-state index contributed by atoms with van der Waals surface area (Å²) in [7, 11) is 2.14. The molecule has 5 nitrogen and oxygen atoms in total. The third kappa shape index (κ3) is 2.70. The first-order chi connectivity index (χ1) is 12.7. The Hall–Kier alpha value is -2.30. The fraction of sp³-hybridized carbons (Fsp3) is 0.524. The highest BCUT2D eigenvalue weighted by atomic mass is 16.2. The second kappa shape index (κ2) is 6.15. The fourth-order valence-electron chi connectivity index (χ4n) is 4.68. The average molecular weight is 350 g/mol. The lowest BCUT2D eigenvalue weighted by molar-refractivity contribution is 0.0642. The second-order valence-corrected chi connectivity index (χ2v) is 8.08. The number of nitrogens with one attached hydrogen (secondary N) is 1. The molecule has 0 bridgehead atoms. The van der Waals surface area contributed by atoms with Crippen molar-refractivity contribution >= 4 is 11.6 Å². The number of nitrogens with zero attached hydrogens (tertiary/aromatic N) is 3. The molecule has 1 aliphatic heterocycles. The van der Waals surface area contributed by atoms with Crippen LogP contribution in [-0.2, 0) is 19.3 Å². The quantitative estimate of drug-likeness (QED) is 0.926. The molecule has 1 N–H and O–H groups in total. The van der Waals surface area contributed by atoms with Crippen molar-refractivity contribution in [3.63, 3.8) is 0 Å². The number of carbonyl (C=O) groups is 1. The fourth-order valence-corrected chi connectivity index (χ4v) is 4.68. The van der Waals surface area contributed by atoms with Crippen LogP contribution in [0.2, 0.25) is 0 Å². The van der Waals surface area contributed by atoms with E-state index in [1.807, 2.05) is 12.3 Å². The number of benzene rings is 1. The molecule has 5 heteroatoms. The smallest absolute Gasteiger partial charge is 0.254 e. The Morgan fingerprint density at radius 1 is 1.19 bits per heavy atom. The number of fused-ring (bicyclic) bond motifs is 2. The highest BCUT2D eigenvalue weighted by molar-refractivity contribution is 5.95. The summed E-state index contributed by atoms with van der Waals surface area (Å²) < 4.78 is 0. The SMILES string of the molecule is CN1CCCc2cc(C(=O)N(C3CC3)C3CCc4[nH]ncc4C3)ccc21. The highest BCUT2D eigenvalue weighted by Gasteiger charge is 2.39. The number of amides is 1. The summed E-state index contributed by atoms with van der Waals surface area (Å²) in [5, 5.41) is 7.29. The van der Waals surface area contributed by atoms with Crippen molar-refractivity contribution < 1.29 is 4.79 Å². The van der Waals surface area contributed by atoms with Gasteiger partial charge in [0.2, 0.25) is 0 Å². The maximum atomic E-state index is 13.4. The lowest BCUT2D eigenvalue weighted by Crippen LogP contribution is -2.45. The second-order valence-electron chi connectivity index (χ2n) is 8.08. The monoisotopic (exact) mass is 350 g/mol. The first kappa shape index (κ1) is 15.9. The number of aryl methyl sites for hydroxylation is 2. The Morgan fingerprint density at radius 3 is 2.92 bits per heavy atom. The Balaban J connectivity index is 1.42.